The Balaban J connectivity index is 1.88. The van der Waals surface area contributed by atoms with Gasteiger partial charge in [-0.15, -0.1) is 10.2 Å². The highest BCUT2D eigenvalue weighted by Crippen LogP contribution is 2.41. The molecule has 0 aromatic carbocycles. The summed E-state index contributed by atoms with van der Waals surface area (Å²) in [5.74, 6) is 1.24. The molecule has 2 aliphatic rings. The maximum absolute atomic E-state index is 11.5. The highest BCUT2D eigenvalue weighted by Gasteiger charge is 2.42. The van der Waals surface area contributed by atoms with Crippen LogP contribution in [0.15, 0.2) is 0 Å². The number of nitrogens with zero attached hydrogens (tertiary/aromatic N) is 3. The molecule has 1 aliphatic carbocycles. The van der Waals surface area contributed by atoms with Crippen LogP contribution in [0, 0.1) is 5.41 Å². The molecule has 0 spiro atoms. The molecule has 5 heteroatoms. The summed E-state index contributed by atoms with van der Waals surface area (Å²) in [4.78, 5) is 11.5. The Hall–Kier alpha value is -1.39. The van der Waals surface area contributed by atoms with Crippen molar-refractivity contribution in [2.45, 2.75) is 51.5 Å². The van der Waals surface area contributed by atoms with Gasteiger partial charge in [-0.1, -0.05) is 12.8 Å². The zero-order valence-corrected chi connectivity index (χ0v) is 9.85. The van der Waals surface area contributed by atoms with Gasteiger partial charge in [-0.3, -0.25) is 4.79 Å². The lowest BCUT2D eigenvalue weighted by Gasteiger charge is -2.22. The van der Waals surface area contributed by atoms with Gasteiger partial charge < -0.3 is 9.67 Å². The van der Waals surface area contributed by atoms with Crippen molar-refractivity contribution in [1.29, 1.82) is 0 Å². The molecule has 3 rings (SSSR count). The lowest BCUT2D eigenvalue weighted by molar-refractivity contribution is -0.148. The molecule has 92 valence electrons. The van der Waals surface area contributed by atoms with Crippen LogP contribution in [-0.2, 0) is 24.2 Å². The van der Waals surface area contributed by atoms with E-state index >= 15 is 0 Å². The number of aliphatic carboxylic acids is 1. The van der Waals surface area contributed by atoms with E-state index in [0.717, 1.165) is 56.7 Å². The van der Waals surface area contributed by atoms with Crippen LogP contribution < -0.4 is 0 Å². The number of carboxylic acids is 1. The highest BCUT2D eigenvalue weighted by molar-refractivity contribution is 5.75. The number of fused-ring (bicyclic) bond motifs is 1. The number of hydrogen-bond acceptors (Lipinski definition) is 3. The van der Waals surface area contributed by atoms with Crippen molar-refractivity contribution in [1.82, 2.24) is 14.8 Å². The molecular formula is C12H17N3O2. The Morgan fingerprint density at radius 1 is 1.29 bits per heavy atom. The van der Waals surface area contributed by atoms with E-state index in [1.807, 2.05) is 0 Å². The topological polar surface area (TPSA) is 68.0 Å². The average Bonchev–Trinajstić information content (AvgIpc) is 2.97. The minimum atomic E-state index is -0.662. The molecule has 1 fully saturated rings. The van der Waals surface area contributed by atoms with Crippen molar-refractivity contribution in [2.24, 2.45) is 5.41 Å². The van der Waals surface area contributed by atoms with Gasteiger partial charge in [0.2, 0.25) is 0 Å². The second-order valence-corrected chi connectivity index (χ2v) is 5.26. The van der Waals surface area contributed by atoms with Crippen LogP contribution in [0.3, 0.4) is 0 Å². The van der Waals surface area contributed by atoms with Gasteiger partial charge in [-0.25, -0.2) is 0 Å². The maximum Gasteiger partial charge on any atom is 0.310 e. The van der Waals surface area contributed by atoms with Gasteiger partial charge in [-0.05, 0) is 19.3 Å². The largest absolute Gasteiger partial charge is 0.481 e. The van der Waals surface area contributed by atoms with Crippen LogP contribution in [-0.4, -0.2) is 25.8 Å². The van der Waals surface area contributed by atoms with Crippen LogP contribution in [0.2, 0.25) is 0 Å². The number of aryl methyl sites for hydroxylation is 1. The van der Waals surface area contributed by atoms with Crippen LogP contribution in [0.1, 0.15) is 43.8 Å². The number of carboxylic acid groups (broad SMARTS) is 1. The van der Waals surface area contributed by atoms with E-state index in [-0.39, 0.29) is 0 Å². The minimum absolute atomic E-state index is 0.551. The Morgan fingerprint density at radius 2 is 2.06 bits per heavy atom. The second kappa shape index (κ2) is 3.82. The minimum Gasteiger partial charge on any atom is -0.481 e. The van der Waals surface area contributed by atoms with Crippen molar-refractivity contribution in [3.05, 3.63) is 11.6 Å². The number of hydrogen-bond donors (Lipinski definition) is 1. The highest BCUT2D eigenvalue weighted by atomic mass is 16.4. The molecule has 5 nitrogen and oxygen atoms in total. The number of rotatable bonds is 3. The van der Waals surface area contributed by atoms with Crippen molar-refractivity contribution in [2.75, 3.05) is 0 Å². The summed E-state index contributed by atoms with van der Waals surface area (Å²) in [6, 6.07) is 0. The molecule has 0 amide bonds. The fourth-order valence-electron chi connectivity index (χ4n) is 3.16. The number of carbonyl (C=O) groups is 1. The SMILES string of the molecule is O=C(O)C1(Cc2nnc3n2CCC3)CCCC1. The summed E-state index contributed by atoms with van der Waals surface area (Å²) in [6.45, 7) is 0.952. The van der Waals surface area contributed by atoms with Crippen LogP contribution in [0.5, 0.6) is 0 Å². The molecule has 2 heterocycles. The van der Waals surface area contributed by atoms with Gasteiger partial charge in [0.1, 0.15) is 11.6 Å². The third-order valence-electron chi connectivity index (χ3n) is 4.20. The van der Waals surface area contributed by atoms with Crippen LogP contribution in [0.4, 0.5) is 0 Å². The molecule has 0 saturated heterocycles. The van der Waals surface area contributed by atoms with Gasteiger partial charge >= 0.3 is 5.97 Å². The van der Waals surface area contributed by atoms with Crippen molar-refractivity contribution in [3.8, 4) is 0 Å². The fraction of sp³-hybridized carbons (Fsp3) is 0.750. The molecule has 0 unspecified atom stereocenters. The fourth-order valence-corrected chi connectivity index (χ4v) is 3.16. The molecule has 1 saturated carbocycles. The zero-order chi connectivity index (χ0) is 11.9. The summed E-state index contributed by atoms with van der Waals surface area (Å²) in [7, 11) is 0. The predicted octanol–water partition coefficient (Wildman–Crippen LogP) is 1.41. The molecule has 0 atom stereocenters. The van der Waals surface area contributed by atoms with E-state index in [0.29, 0.717) is 6.42 Å². The van der Waals surface area contributed by atoms with E-state index < -0.39 is 11.4 Å². The first-order chi connectivity index (χ1) is 8.21. The van der Waals surface area contributed by atoms with Gasteiger partial charge in [0, 0.05) is 19.4 Å². The first-order valence-corrected chi connectivity index (χ1v) is 6.36. The van der Waals surface area contributed by atoms with E-state index in [1.165, 1.54) is 0 Å². The molecule has 1 N–H and O–H groups in total. The summed E-state index contributed by atoms with van der Waals surface area (Å²) >= 11 is 0. The Labute approximate surface area is 99.9 Å². The standard InChI is InChI=1S/C12H17N3O2/c16-11(17)12(5-1-2-6-12)8-10-14-13-9-4-3-7-15(9)10/h1-8H2,(H,16,17). The van der Waals surface area contributed by atoms with Crippen molar-refractivity contribution in [3.63, 3.8) is 0 Å². The lowest BCUT2D eigenvalue weighted by atomic mass is 9.82. The number of aromatic nitrogens is 3. The molecule has 1 aromatic heterocycles. The first kappa shape index (κ1) is 10.7. The monoisotopic (exact) mass is 235 g/mol. The third kappa shape index (κ3) is 1.64. The first-order valence-electron chi connectivity index (χ1n) is 6.36. The second-order valence-electron chi connectivity index (χ2n) is 5.26. The Kier molecular flexibility index (Phi) is 2.42. The van der Waals surface area contributed by atoms with Crippen LogP contribution >= 0.6 is 0 Å². The van der Waals surface area contributed by atoms with Crippen molar-refractivity contribution < 1.29 is 9.90 Å². The summed E-state index contributed by atoms with van der Waals surface area (Å²) in [6.07, 6.45) is 6.25. The molecule has 1 aromatic rings. The molecule has 0 bridgehead atoms. The summed E-state index contributed by atoms with van der Waals surface area (Å²) < 4.78 is 2.11. The van der Waals surface area contributed by atoms with Crippen LogP contribution in [0.25, 0.3) is 0 Å². The van der Waals surface area contributed by atoms with Gasteiger partial charge in [0.15, 0.2) is 0 Å². The zero-order valence-electron chi connectivity index (χ0n) is 9.85. The van der Waals surface area contributed by atoms with E-state index in [2.05, 4.69) is 14.8 Å². The molecule has 0 radical (unpaired) electrons. The van der Waals surface area contributed by atoms with Gasteiger partial charge in [-0.2, -0.15) is 0 Å². The predicted molar refractivity (Wildman–Crippen MR) is 60.6 cm³/mol. The third-order valence-corrected chi connectivity index (χ3v) is 4.20. The van der Waals surface area contributed by atoms with Crippen molar-refractivity contribution >= 4 is 5.97 Å². The summed E-state index contributed by atoms with van der Waals surface area (Å²) in [5.41, 5.74) is -0.577. The average molecular weight is 235 g/mol. The molecular weight excluding hydrogens is 218 g/mol. The van der Waals surface area contributed by atoms with E-state index in [9.17, 15) is 9.90 Å². The summed E-state index contributed by atoms with van der Waals surface area (Å²) in [5, 5.41) is 17.8. The maximum atomic E-state index is 11.5. The molecule has 17 heavy (non-hydrogen) atoms. The van der Waals surface area contributed by atoms with Gasteiger partial charge in [0.25, 0.3) is 0 Å². The van der Waals surface area contributed by atoms with E-state index in [1.54, 1.807) is 0 Å². The normalized spacial score (nSPS) is 21.6. The lowest BCUT2D eigenvalue weighted by Crippen LogP contribution is -2.31. The quantitative estimate of drug-likeness (QED) is 0.860. The van der Waals surface area contributed by atoms with E-state index in [4.69, 9.17) is 0 Å². The Morgan fingerprint density at radius 3 is 2.76 bits per heavy atom. The molecule has 1 aliphatic heterocycles. The Bertz CT molecular complexity index is 447. The smallest absolute Gasteiger partial charge is 0.310 e. The van der Waals surface area contributed by atoms with Gasteiger partial charge in [0.05, 0.1) is 5.41 Å².